The SMILES string of the molecule is O=[N+]([O-])c1cc2c(cc1[C@H]1CC(O)[C@@H](COP3OP(=O)(O)OP(=O)(O)O3)O1)OCO2. The van der Waals surface area contributed by atoms with Gasteiger partial charge in [0, 0.05) is 6.42 Å². The number of nitro groups is 1. The minimum absolute atomic E-state index is 0.0335. The van der Waals surface area contributed by atoms with Crippen molar-refractivity contribution in [3.8, 4) is 11.5 Å². The second kappa shape index (κ2) is 8.05. The molecule has 0 aromatic heterocycles. The van der Waals surface area contributed by atoms with E-state index >= 15 is 0 Å². The first-order chi connectivity index (χ1) is 14.0. The molecule has 3 aliphatic heterocycles. The highest BCUT2D eigenvalue weighted by molar-refractivity contribution is 7.72. The molecule has 2 fully saturated rings. The molecule has 0 saturated carbocycles. The molecule has 15 nitrogen and oxygen atoms in total. The largest absolute Gasteiger partial charge is 0.488 e. The molecule has 30 heavy (non-hydrogen) atoms. The summed E-state index contributed by atoms with van der Waals surface area (Å²) in [6.07, 6.45) is -3.12. The van der Waals surface area contributed by atoms with Crippen molar-refractivity contribution in [2.45, 2.75) is 24.7 Å². The number of rotatable bonds is 5. The van der Waals surface area contributed by atoms with Crippen LogP contribution in [0, 0.1) is 10.1 Å². The molecule has 3 N–H and O–H groups in total. The first-order valence-electron chi connectivity index (χ1n) is 8.14. The lowest BCUT2D eigenvalue weighted by molar-refractivity contribution is -0.386. The predicted molar refractivity (Wildman–Crippen MR) is 93.2 cm³/mol. The Morgan fingerprint density at radius 3 is 2.47 bits per heavy atom. The maximum Gasteiger partial charge on any atom is 0.488 e. The van der Waals surface area contributed by atoms with Crippen molar-refractivity contribution < 1.29 is 60.6 Å². The van der Waals surface area contributed by atoms with Crippen LogP contribution in [0.2, 0.25) is 0 Å². The van der Waals surface area contributed by atoms with Crippen molar-refractivity contribution in [3.63, 3.8) is 0 Å². The van der Waals surface area contributed by atoms with Gasteiger partial charge in [-0.2, -0.15) is 4.31 Å². The first-order valence-corrected chi connectivity index (χ1v) is 12.2. The maximum atomic E-state index is 11.4. The van der Waals surface area contributed by atoms with Crippen LogP contribution in [0.25, 0.3) is 0 Å². The van der Waals surface area contributed by atoms with E-state index in [1.54, 1.807) is 0 Å². The number of nitro benzene ring substituents is 1. The van der Waals surface area contributed by atoms with Crippen LogP contribution in [0.5, 0.6) is 11.5 Å². The number of fused-ring (bicyclic) bond motifs is 1. The molecule has 2 saturated heterocycles. The third-order valence-corrected chi connectivity index (χ3v) is 8.91. The van der Waals surface area contributed by atoms with Gasteiger partial charge in [-0.05, 0) is 6.07 Å². The standard InChI is InChI=1S/C12H14NO14P3/c14-8-3-9(6-1-10-11(22-5-21-10)2-7(6)13(15)16)24-12(8)4-23-28-25-29(17,18)27-30(19,20)26-28/h1-2,8-9,12,14H,3-5H2,(H,17,18)(H,19,20)/t8?,9-,12-/m1/s1. The van der Waals surface area contributed by atoms with Crippen LogP contribution in [-0.2, 0) is 31.3 Å². The molecule has 4 rings (SSSR count). The molecule has 18 heteroatoms. The van der Waals surface area contributed by atoms with E-state index in [4.69, 9.17) is 18.7 Å². The van der Waals surface area contributed by atoms with E-state index < -0.39 is 54.1 Å². The van der Waals surface area contributed by atoms with Gasteiger partial charge in [0.25, 0.3) is 5.69 Å². The molecule has 5 atom stereocenters. The summed E-state index contributed by atoms with van der Waals surface area (Å²) in [6, 6.07) is 2.58. The average molecular weight is 489 g/mol. The van der Waals surface area contributed by atoms with Gasteiger partial charge >= 0.3 is 24.2 Å². The van der Waals surface area contributed by atoms with Crippen LogP contribution in [0.4, 0.5) is 5.69 Å². The zero-order valence-electron chi connectivity index (χ0n) is 14.6. The summed E-state index contributed by atoms with van der Waals surface area (Å²) in [7, 11) is -12.5. The number of hydrogen-bond donors (Lipinski definition) is 3. The fraction of sp³-hybridized carbons (Fsp3) is 0.500. The molecule has 3 unspecified atom stereocenters. The number of benzene rings is 1. The molecule has 166 valence electrons. The molecule has 0 aliphatic carbocycles. The van der Waals surface area contributed by atoms with Gasteiger partial charge in [0.15, 0.2) is 11.5 Å². The molecule has 3 aliphatic rings. The van der Waals surface area contributed by atoms with Gasteiger partial charge in [0.1, 0.15) is 6.10 Å². The summed E-state index contributed by atoms with van der Waals surface area (Å²) < 4.78 is 56.6. The van der Waals surface area contributed by atoms with Crippen LogP contribution in [0.15, 0.2) is 12.1 Å². The van der Waals surface area contributed by atoms with E-state index in [0.717, 1.165) is 0 Å². The normalized spacial score (nSPS) is 38.0. The van der Waals surface area contributed by atoms with E-state index in [2.05, 4.69) is 12.9 Å². The smallest absolute Gasteiger partial charge is 0.454 e. The zero-order valence-corrected chi connectivity index (χ0v) is 17.3. The lowest BCUT2D eigenvalue weighted by Crippen LogP contribution is -2.25. The van der Waals surface area contributed by atoms with Crippen LogP contribution < -0.4 is 9.47 Å². The average Bonchev–Trinajstić information content (AvgIpc) is 3.21. The number of aliphatic hydroxyl groups is 1. The monoisotopic (exact) mass is 489 g/mol. The van der Waals surface area contributed by atoms with Crippen molar-refractivity contribution in [1.29, 1.82) is 0 Å². The van der Waals surface area contributed by atoms with E-state index in [1.165, 1.54) is 12.1 Å². The van der Waals surface area contributed by atoms with Crippen LogP contribution in [0.1, 0.15) is 18.1 Å². The molecular formula is C12H14NO14P3. The fourth-order valence-corrected chi connectivity index (χ4v) is 7.17. The van der Waals surface area contributed by atoms with Crippen molar-refractivity contribution >= 4 is 29.9 Å². The van der Waals surface area contributed by atoms with Gasteiger partial charge in [-0.3, -0.25) is 10.1 Å². The van der Waals surface area contributed by atoms with E-state index in [1.807, 2.05) is 0 Å². The maximum absolute atomic E-state index is 11.4. The molecule has 1 aromatic carbocycles. The third-order valence-electron chi connectivity index (χ3n) is 4.18. The predicted octanol–water partition coefficient (Wildman–Crippen LogP) is 2.02. The molecule has 1 aromatic rings. The molecule has 3 heterocycles. The number of nitrogens with zero attached hydrogens (tertiary/aromatic N) is 1. The van der Waals surface area contributed by atoms with E-state index in [0.29, 0.717) is 5.75 Å². The first kappa shape index (κ1) is 22.0. The summed E-state index contributed by atoms with van der Waals surface area (Å²) >= 11 is 0. The van der Waals surface area contributed by atoms with Gasteiger partial charge in [0.05, 0.1) is 35.4 Å². The van der Waals surface area contributed by atoms with Gasteiger partial charge in [-0.15, -0.1) is 0 Å². The summed E-state index contributed by atoms with van der Waals surface area (Å²) in [6.45, 7) is -0.557. The second-order valence-electron chi connectivity index (χ2n) is 6.19. The Kier molecular flexibility index (Phi) is 5.90. The lowest BCUT2D eigenvalue weighted by Gasteiger charge is -2.27. The Labute approximate surface area is 168 Å². The number of ether oxygens (including phenoxy) is 3. The number of phosphoric acid groups is 2. The van der Waals surface area contributed by atoms with Crippen LogP contribution >= 0.6 is 24.2 Å². The quantitative estimate of drug-likeness (QED) is 0.308. The lowest BCUT2D eigenvalue weighted by atomic mass is 10.0. The van der Waals surface area contributed by atoms with E-state index in [-0.39, 0.29) is 30.2 Å². The summed E-state index contributed by atoms with van der Waals surface area (Å²) in [5.74, 6) is 0.501. The Bertz CT molecular complexity index is 932. The number of aliphatic hydroxyl groups excluding tert-OH is 1. The fourth-order valence-electron chi connectivity index (χ4n) is 2.97. The Hall–Kier alpha value is -1.21. The van der Waals surface area contributed by atoms with Crippen LogP contribution in [-0.4, -0.2) is 45.4 Å². The Morgan fingerprint density at radius 2 is 1.83 bits per heavy atom. The Morgan fingerprint density at radius 1 is 1.20 bits per heavy atom. The minimum atomic E-state index is -4.86. The summed E-state index contributed by atoms with van der Waals surface area (Å²) in [5.41, 5.74) is -0.143. The minimum Gasteiger partial charge on any atom is -0.454 e. The highest BCUT2D eigenvalue weighted by atomic mass is 31.3. The molecule has 0 amide bonds. The van der Waals surface area contributed by atoms with Crippen molar-refractivity contribution in [1.82, 2.24) is 0 Å². The van der Waals surface area contributed by atoms with E-state index in [9.17, 15) is 34.1 Å². The van der Waals surface area contributed by atoms with Crippen molar-refractivity contribution in [2.24, 2.45) is 0 Å². The molecule has 0 spiro atoms. The summed E-state index contributed by atoms with van der Waals surface area (Å²) in [4.78, 5) is 29.3. The topological polar surface area (TPSA) is 203 Å². The summed E-state index contributed by atoms with van der Waals surface area (Å²) in [5, 5.41) is 21.7. The van der Waals surface area contributed by atoms with Crippen molar-refractivity contribution in [2.75, 3.05) is 13.4 Å². The second-order valence-corrected chi connectivity index (χ2v) is 10.7. The van der Waals surface area contributed by atoms with Crippen LogP contribution in [0.3, 0.4) is 0 Å². The highest BCUT2D eigenvalue weighted by Gasteiger charge is 2.48. The van der Waals surface area contributed by atoms with Crippen molar-refractivity contribution in [3.05, 3.63) is 27.8 Å². The highest BCUT2D eigenvalue weighted by Crippen LogP contribution is 2.76. The third kappa shape index (κ3) is 4.67. The zero-order chi connectivity index (χ0) is 21.7. The number of hydrogen-bond acceptors (Lipinski definition) is 12. The molecule has 0 bridgehead atoms. The molecular weight excluding hydrogens is 475 g/mol. The van der Waals surface area contributed by atoms with Gasteiger partial charge in [-0.1, -0.05) is 0 Å². The van der Waals surface area contributed by atoms with Gasteiger partial charge in [-0.25, -0.2) is 17.8 Å². The van der Waals surface area contributed by atoms with Gasteiger partial charge in [0.2, 0.25) is 6.79 Å². The molecule has 0 radical (unpaired) electrons. The van der Waals surface area contributed by atoms with Gasteiger partial charge < -0.3 is 33.6 Å². The Balaban J connectivity index is 1.45.